The van der Waals surface area contributed by atoms with Gasteiger partial charge < -0.3 is 14.8 Å². The fraction of sp³-hybridized carbons (Fsp3) is 0.190. The number of hydrogen-bond donors (Lipinski definition) is 1. The molecule has 0 bridgehead atoms. The lowest BCUT2D eigenvalue weighted by atomic mass is 10.2. The van der Waals surface area contributed by atoms with Crippen molar-refractivity contribution in [2.75, 3.05) is 18.0 Å². The summed E-state index contributed by atoms with van der Waals surface area (Å²) in [5, 5.41) is 3.02. The van der Waals surface area contributed by atoms with E-state index in [1.54, 1.807) is 0 Å². The molecule has 0 atom stereocenters. The number of benzene rings is 2. The van der Waals surface area contributed by atoms with Gasteiger partial charge in [-0.25, -0.2) is 0 Å². The molecule has 1 aliphatic heterocycles. The Bertz CT molecular complexity index is 889. The predicted molar refractivity (Wildman–Crippen MR) is 106 cm³/mol. The molecule has 0 saturated carbocycles. The molecule has 0 saturated heterocycles. The van der Waals surface area contributed by atoms with Crippen LogP contribution in [0.3, 0.4) is 0 Å². The van der Waals surface area contributed by atoms with Crippen molar-refractivity contribution in [3.63, 3.8) is 0 Å². The van der Waals surface area contributed by atoms with E-state index in [1.807, 2.05) is 41.7 Å². The van der Waals surface area contributed by atoms with Crippen LogP contribution in [0, 0.1) is 0 Å². The van der Waals surface area contributed by atoms with Crippen molar-refractivity contribution in [1.82, 2.24) is 9.88 Å². The largest absolute Gasteiger partial charge is 0.351 e. The fourth-order valence-electron chi connectivity index (χ4n) is 3.25. The fourth-order valence-corrected chi connectivity index (χ4v) is 4.34. The van der Waals surface area contributed by atoms with E-state index in [9.17, 15) is 4.79 Å². The summed E-state index contributed by atoms with van der Waals surface area (Å²) in [5.41, 5.74) is 3.17. The van der Waals surface area contributed by atoms with Crippen molar-refractivity contribution >= 4 is 29.0 Å². The Hall–Kier alpha value is -2.66. The second-order valence-electron chi connectivity index (χ2n) is 6.30. The maximum absolute atomic E-state index is 12.2. The number of carbonyl (C=O) groups is 1. The van der Waals surface area contributed by atoms with Crippen LogP contribution >= 0.6 is 11.8 Å². The summed E-state index contributed by atoms with van der Waals surface area (Å²) in [6, 6.07) is 20.7. The predicted octanol–water partition coefficient (Wildman–Crippen LogP) is 4.45. The smallest absolute Gasteiger partial charge is 0.267 e. The minimum atomic E-state index is -0.0208. The van der Waals surface area contributed by atoms with Gasteiger partial charge >= 0.3 is 0 Å². The Balaban J connectivity index is 1.44. The number of aromatic nitrogens is 1. The molecule has 26 heavy (non-hydrogen) atoms. The van der Waals surface area contributed by atoms with Crippen molar-refractivity contribution in [3.8, 4) is 0 Å². The van der Waals surface area contributed by atoms with E-state index < -0.39 is 0 Å². The Kier molecular flexibility index (Phi) is 4.71. The number of nitrogens with zero attached hydrogens (tertiary/aromatic N) is 2. The van der Waals surface area contributed by atoms with Gasteiger partial charge in [-0.15, -0.1) is 0 Å². The summed E-state index contributed by atoms with van der Waals surface area (Å²) in [6.45, 7) is 1.51. The second kappa shape index (κ2) is 7.30. The number of carbonyl (C=O) groups excluding carboxylic acids is 1. The normalized spacial score (nSPS) is 12.4. The summed E-state index contributed by atoms with van der Waals surface area (Å²) in [4.78, 5) is 17.1. The third-order valence-corrected chi connectivity index (χ3v) is 5.68. The number of anilines is 2. The lowest BCUT2D eigenvalue weighted by molar-refractivity contribution is 0.0945. The molecule has 1 aliphatic rings. The average Bonchev–Trinajstić information content (AvgIpc) is 3.10. The van der Waals surface area contributed by atoms with Gasteiger partial charge in [-0.1, -0.05) is 36.0 Å². The van der Waals surface area contributed by atoms with Crippen LogP contribution in [0.1, 0.15) is 16.9 Å². The number of amides is 1. The van der Waals surface area contributed by atoms with Crippen LogP contribution in [0.4, 0.5) is 11.4 Å². The van der Waals surface area contributed by atoms with E-state index in [-0.39, 0.29) is 5.91 Å². The van der Waals surface area contributed by atoms with Gasteiger partial charge in [-0.2, -0.15) is 0 Å². The maximum Gasteiger partial charge on any atom is 0.267 e. The van der Waals surface area contributed by atoms with Gasteiger partial charge in [0.05, 0.1) is 11.4 Å². The molecule has 1 aromatic heterocycles. The zero-order chi connectivity index (χ0) is 17.9. The molecule has 132 valence electrons. The van der Waals surface area contributed by atoms with Crippen LogP contribution < -0.4 is 10.2 Å². The number of nitrogens with one attached hydrogen (secondary N) is 1. The topological polar surface area (TPSA) is 37.3 Å². The highest BCUT2D eigenvalue weighted by molar-refractivity contribution is 7.99. The molecule has 3 aromatic rings. The van der Waals surface area contributed by atoms with Crippen LogP contribution in [0.2, 0.25) is 0 Å². The standard InChI is InChI=1S/C21H21N3OS/c1-23-14-6-10-18(23)21(25)22-13-7-15-24-16-8-2-4-11-19(16)26-20-12-5-3-9-17(20)24/h2-6,8-12,14H,7,13,15H2,1H3,(H,22,25). The van der Waals surface area contributed by atoms with Crippen LogP contribution in [0.5, 0.6) is 0 Å². The van der Waals surface area contributed by atoms with Gasteiger partial charge in [0.25, 0.3) is 5.91 Å². The van der Waals surface area contributed by atoms with Crippen LogP contribution in [-0.4, -0.2) is 23.6 Å². The molecule has 0 fully saturated rings. The Morgan fingerprint density at radius 2 is 1.62 bits per heavy atom. The maximum atomic E-state index is 12.2. The monoisotopic (exact) mass is 363 g/mol. The van der Waals surface area contributed by atoms with Gasteiger partial charge in [-0.05, 0) is 42.8 Å². The van der Waals surface area contributed by atoms with E-state index >= 15 is 0 Å². The number of para-hydroxylation sites is 2. The first-order chi connectivity index (χ1) is 12.7. The molecule has 1 amide bonds. The summed E-state index contributed by atoms with van der Waals surface area (Å²) in [6.07, 6.45) is 2.76. The first kappa shape index (κ1) is 16.8. The van der Waals surface area contributed by atoms with Crippen molar-refractivity contribution < 1.29 is 4.79 Å². The molecule has 4 rings (SSSR count). The quantitative estimate of drug-likeness (QED) is 0.681. The van der Waals surface area contributed by atoms with Crippen molar-refractivity contribution in [2.24, 2.45) is 7.05 Å². The number of rotatable bonds is 5. The van der Waals surface area contributed by atoms with Crippen LogP contribution in [-0.2, 0) is 7.05 Å². The first-order valence-electron chi connectivity index (χ1n) is 8.77. The van der Waals surface area contributed by atoms with Crippen LogP contribution in [0.25, 0.3) is 0 Å². The zero-order valence-electron chi connectivity index (χ0n) is 14.7. The van der Waals surface area contributed by atoms with Gasteiger partial charge in [0.1, 0.15) is 5.69 Å². The SMILES string of the molecule is Cn1cccc1C(=O)NCCCN1c2ccccc2Sc2ccccc21. The number of aryl methyl sites for hydroxylation is 1. The summed E-state index contributed by atoms with van der Waals surface area (Å²) >= 11 is 1.82. The molecule has 1 N–H and O–H groups in total. The van der Waals surface area contributed by atoms with Gasteiger partial charge in [0.15, 0.2) is 0 Å². The Morgan fingerprint density at radius 3 is 2.23 bits per heavy atom. The summed E-state index contributed by atoms with van der Waals surface area (Å²) in [7, 11) is 1.88. The highest BCUT2D eigenvalue weighted by Gasteiger charge is 2.22. The molecule has 0 aliphatic carbocycles. The lowest BCUT2D eigenvalue weighted by Crippen LogP contribution is -2.29. The van der Waals surface area contributed by atoms with Gasteiger partial charge in [0.2, 0.25) is 0 Å². The van der Waals surface area contributed by atoms with E-state index in [0.717, 1.165) is 13.0 Å². The molecule has 5 heteroatoms. The highest BCUT2D eigenvalue weighted by Crippen LogP contribution is 2.47. The average molecular weight is 363 g/mol. The third kappa shape index (κ3) is 3.22. The van der Waals surface area contributed by atoms with E-state index in [1.165, 1.54) is 21.2 Å². The summed E-state index contributed by atoms with van der Waals surface area (Å²) in [5.74, 6) is -0.0208. The lowest BCUT2D eigenvalue weighted by Gasteiger charge is -2.32. The van der Waals surface area contributed by atoms with Gasteiger partial charge in [0, 0.05) is 36.1 Å². The van der Waals surface area contributed by atoms with Crippen molar-refractivity contribution in [3.05, 3.63) is 72.6 Å². The molecular weight excluding hydrogens is 342 g/mol. The minimum Gasteiger partial charge on any atom is -0.351 e. The third-order valence-electron chi connectivity index (χ3n) is 4.55. The van der Waals surface area contributed by atoms with E-state index in [2.05, 4.69) is 58.7 Å². The molecule has 0 unspecified atom stereocenters. The Morgan fingerprint density at radius 1 is 0.962 bits per heavy atom. The summed E-state index contributed by atoms with van der Waals surface area (Å²) < 4.78 is 1.84. The zero-order valence-corrected chi connectivity index (χ0v) is 15.5. The molecule has 2 aromatic carbocycles. The first-order valence-corrected chi connectivity index (χ1v) is 9.58. The second-order valence-corrected chi connectivity index (χ2v) is 7.39. The van der Waals surface area contributed by atoms with Gasteiger partial charge in [-0.3, -0.25) is 4.79 Å². The van der Waals surface area contributed by atoms with Crippen molar-refractivity contribution in [1.29, 1.82) is 0 Å². The number of hydrogen-bond acceptors (Lipinski definition) is 3. The molecule has 2 heterocycles. The van der Waals surface area contributed by atoms with Crippen molar-refractivity contribution in [2.45, 2.75) is 16.2 Å². The molecular formula is C21H21N3OS. The minimum absolute atomic E-state index is 0.0208. The number of fused-ring (bicyclic) bond motifs is 2. The van der Waals surface area contributed by atoms with Crippen LogP contribution in [0.15, 0.2) is 76.7 Å². The Labute approximate surface area is 157 Å². The molecule has 0 radical (unpaired) electrons. The highest BCUT2D eigenvalue weighted by atomic mass is 32.2. The van der Waals surface area contributed by atoms with E-state index in [4.69, 9.17) is 0 Å². The van der Waals surface area contributed by atoms with E-state index in [0.29, 0.717) is 12.2 Å². The molecule has 0 spiro atoms. The molecule has 4 nitrogen and oxygen atoms in total.